The first-order valence-corrected chi connectivity index (χ1v) is 9.30. The Hall–Kier alpha value is 0.315. The highest BCUT2D eigenvalue weighted by Crippen LogP contribution is 2.24. The van der Waals surface area contributed by atoms with Crippen LogP contribution in [-0.4, -0.2) is 24.7 Å². The number of unbranched alkanes of at least 4 members (excludes halogenated alkanes) is 6. The largest absolute Gasteiger partial charge is 0.315 e. The van der Waals surface area contributed by atoms with Crippen molar-refractivity contribution in [3.05, 3.63) is 0 Å². The zero-order valence-corrected chi connectivity index (χ0v) is 15.4. The summed E-state index contributed by atoms with van der Waals surface area (Å²) in [6.07, 6.45) is 13.4. The number of hydrogen-bond acceptors (Lipinski definition) is 1. The quantitative estimate of drug-likeness (QED) is 0.291. The van der Waals surface area contributed by atoms with E-state index in [1.54, 1.807) is 0 Å². The lowest BCUT2D eigenvalue weighted by atomic mass is 9.83. The molecule has 120 valence electrons. The van der Waals surface area contributed by atoms with Gasteiger partial charge in [0.15, 0.2) is 0 Å². The van der Waals surface area contributed by atoms with E-state index in [4.69, 9.17) is 11.6 Å². The lowest BCUT2D eigenvalue weighted by molar-refractivity contribution is 0.278. The predicted molar refractivity (Wildman–Crippen MR) is 96.7 cm³/mol. The topological polar surface area (TPSA) is 12.0 Å². The minimum absolute atomic E-state index is 0.195. The van der Waals surface area contributed by atoms with E-state index in [2.05, 4.69) is 40.9 Å². The summed E-state index contributed by atoms with van der Waals surface area (Å²) in [7, 11) is 2.22. The summed E-state index contributed by atoms with van der Waals surface area (Å²) >= 11 is 6.24. The second-order valence-electron chi connectivity index (χ2n) is 6.79. The molecule has 0 bridgehead atoms. The molecule has 1 N–H and O–H groups in total. The van der Waals surface area contributed by atoms with Crippen LogP contribution in [0.1, 0.15) is 91.9 Å². The summed E-state index contributed by atoms with van der Waals surface area (Å²) in [6, 6.07) is 0. The summed E-state index contributed by atoms with van der Waals surface area (Å²) in [4.78, 5) is 0. The highest BCUT2D eigenvalue weighted by Gasteiger charge is 2.26. The highest BCUT2D eigenvalue weighted by molar-refractivity contribution is 6.26. The molecule has 0 heterocycles. The first-order valence-electron chi connectivity index (χ1n) is 8.87. The van der Waals surface area contributed by atoms with Crippen LogP contribution in [0.4, 0.5) is 0 Å². The molecule has 0 saturated heterocycles. The smallest absolute Gasteiger partial charge is 0.125 e. The Morgan fingerprint density at radius 2 is 1.40 bits per heavy atom. The molecule has 0 aliphatic rings. The van der Waals surface area contributed by atoms with Gasteiger partial charge in [-0.25, -0.2) is 0 Å². The molecule has 2 atom stereocenters. The zero-order chi connectivity index (χ0) is 15.4. The van der Waals surface area contributed by atoms with Gasteiger partial charge in [0.2, 0.25) is 0 Å². The molecule has 0 aromatic heterocycles. The predicted octanol–water partition coefficient (Wildman–Crippen LogP) is 4.86. The van der Waals surface area contributed by atoms with Gasteiger partial charge in [-0.05, 0) is 32.6 Å². The van der Waals surface area contributed by atoms with Crippen molar-refractivity contribution >= 4 is 19.4 Å². The van der Waals surface area contributed by atoms with Crippen LogP contribution in [-0.2, 0) is 0 Å². The maximum absolute atomic E-state index is 6.24. The molecule has 20 heavy (non-hydrogen) atoms. The van der Waals surface area contributed by atoms with E-state index in [-0.39, 0.29) is 10.9 Å². The van der Waals surface area contributed by atoms with Crippen LogP contribution in [0.25, 0.3) is 0 Å². The molecule has 0 aliphatic carbocycles. The second kappa shape index (κ2) is 11.9. The molecule has 0 rings (SSSR count). The van der Waals surface area contributed by atoms with E-state index in [1.165, 1.54) is 64.2 Å². The molecular weight excluding hydrogens is 264 g/mol. The Morgan fingerprint density at radius 1 is 0.950 bits per heavy atom. The van der Waals surface area contributed by atoms with E-state index in [9.17, 15) is 0 Å². The fourth-order valence-corrected chi connectivity index (χ4v) is 2.88. The number of nitrogens with one attached hydrogen (secondary N) is 1. The van der Waals surface area contributed by atoms with Crippen LogP contribution in [0.5, 0.6) is 0 Å². The summed E-state index contributed by atoms with van der Waals surface area (Å²) in [5, 5.41) is 4.01. The number of alkyl halides is 1. The average Bonchev–Trinajstić information content (AvgIpc) is 2.40. The van der Waals surface area contributed by atoms with Crippen LogP contribution in [0.2, 0.25) is 0 Å². The van der Waals surface area contributed by atoms with Crippen molar-refractivity contribution < 1.29 is 0 Å². The van der Waals surface area contributed by atoms with E-state index in [1.807, 2.05) is 0 Å². The van der Waals surface area contributed by atoms with Gasteiger partial charge < -0.3 is 5.32 Å². The number of hydrogen-bond donors (Lipinski definition) is 1. The maximum atomic E-state index is 6.24. The van der Waals surface area contributed by atoms with Crippen molar-refractivity contribution in [2.75, 3.05) is 0 Å². The molecule has 0 saturated carbocycles. The Morgan fingerprint density at radius 3 is 1.75 bits per heavy atom. The molecular formula is C17H37BClN. The summed E-state index contributed by atoms with van der Waals surface area (Å²) in [5.74, 6) is 0.388. The molecule has 0 fully saturated rings. The normalized spacial score (nSPS) is 15.2. The Bertz CT molecular complexity index is 209. The van der Waals surface area contributed by atoms with E-state index in [0.717, 1.165) is 0 Å². The summed E-state index contributed by atoms with van der Waals surface area (Å²) in [5.41, 5.74) is 0.268. The molecule has 0 spiro atoms. The van der Waals surface area contributed by atoms with E-state index < -0.39 is 0 Å². The monoisotopic (exact) mass is 301 g/mol. The van der Waals surface area contributed by atoms with Gasteiger partial charge >= 0.3 is 0 Å². The zero-order valence-electron chi connectivity index (χ0n) is 14.6. The number of rotatable bonds is 13. The summed E-state index contributed by atoms with van der Waals surface area (Å²) in [6.45, 7) is 9.05. The third kappa shape index (κ3) is 10.1. The molecule has 0 radical (unpaired) electrons. The first-order chi connectivity index (χ1) is 9.45. The highest BCUT2D eigenvalue weighted by atomic mass is 35.5. The molecule has 3 heteroatoms. The minimum Gasteiger partial charge on any atom is -0.315 e. The standard InChI is InChI=1S/C17H37BClN/c1-5-7-9-11-13-17(4,14-12-10-8-6-2)20-16(18)15(3)19/h15-16,20H,5-14,18H2,1-4H3. The van der Waals surface area contributed by atoms with Crippen LogP contribution in [0.15, 0.2) is 0 Å². The van der Waals surface area contributed by atoms with Crippen molar-refractivity contribution in [2.45, 2.75) is 109 Å². The van der Waals surface area contributed by atoms with Gasteiger partial charge in [-0.2, -0.15) is 0 Å². The van der Waals surface area contributed by atoms with Crippen LogP contribution in [0.3, 0.4) is 0 Å². The number of halogens is 1. The van der Waals surface area contributed by atoms with Crippen molar-refractivity contribution in [2.24, 2.45) is 0 Å². The molecule has 0 amide bonds. The van der Waals surface area contributed by atoms with Crippen LogP contribution < -0.4 is 5.32 Å². The van der Waals surface area contributed by atoms with Crippen molar-refractivity contribution in [1.29, 1.82) is 0 Å². The molecule has 2 unspecified atom stereocenters. The van der Waals surface area contributed by atoms with Crippen molar-refractivity contribution in [3.63, 3.8) is 0 Å². The Kier molecular flexibility index (Phi) is 12.1. The van der Waals surface area contributed by atoms with Gasteiger partial charge in [0.25, 0.3) is 0 Å². The Balaban J connectivity index is 4.26. The van der Waals surface area contributed by atoms with Gasteiger partial charge in [0.05, 0.1) is 0 Å². The molecule has 0 aliphatic heterocycles. The van der Waals surface area contributed by atoms with Gasteiger partial charge in [-0.1, -0.05) is 65.2 Å². The SMILES string of the molecule is BC(NC(C)(CCCCCC)CCCCCC)C(C)Cl. The van der Waals surface area contributed by atoms with Gasteiger partial charge in [-0.15, -0.1) is 11.6 Å². The summed E-state index contributed by atoms with van der Waals surface area (Å²) < 4.78 is 0. The van der Waals surface area contributed by atoms with E-state index in [0.29, 0.717) is 5.94 Å². The minimum atomic E-state index is 0.195. The van der Waals surface area contributed by atoms with Crippen LogP contribution >= 0.6 is 11.6 Å². The first kappa shape index (κ1) is 20.3. The third-order valence-electron chi connectivity index (χ3n) is 4.43. The van der Waals surface area contributed by atoms with E-state index >= 15 is 0 Å². The van der Waals surface area contributed by atoms with Crippen molar-refractivity contribution in [1.82, 2.24) is 5.32 Å². The lowest BCUT2D eigenvalue weighted by Crippen LogP contribution is -2.51. The second-order valence-corrected chi connectivity index (χ2v) is 7.48. The van der Waals surface area contributed by atoms with Gasteiger partial charge in [0, 0.05) is 10.9 Å². The maximum Gasteiger partial charge on any atom is 0.125 e. The Labute approximate surface area is 134 Å². The lowest BCUT2D eigenvalue weighted by Gasteiger charge is -2.36. The fraction of sp³-hybridized carbons (Fsp3) is 1.00. The third-order valence-corrected chi connectivity index (χ3v) is 4.81. The fourth-order valence-electron chi connectivity index (χ4n) is 2.82. The molecule has 0 aromatic carbocycles. The van der Waals surface area contributed by atoms with Crippen LogP contribution in [0, 0.1) is 0 Å². The van der Waals surface area contributed by atoms with Crippen molar-refractivity contribution in [3.8, 4) is 0 Å². The molecule has 0 aromatic rings. The molecule has 1 nitrogen and oxygen atoms in total. The average molecular weight is 302 g/mol. The van der Waals surface area contributed by atoms with Gasteiger partial charge in [-0.3, -0.25) is 0 Å². The van der Waals surface area contributed by atoms with Gasteiger partial charge in [0.1, 0.15) is 7.85 Å².